The van der Waals surface area contributed by atoms with Crippen molar-refractivity contribution >= 4 is 29.1 Å². The van der Waals surface area contributed by atoms with Gasteiger partial charge in [0.05, 0.1) is 0 Å². The van der Waals surface area contributed by atoms with Gasteiger partial charge in [0.15, 0.2) is 0 Å². The molecule has 0 amide bonds. The summed E-state index contributed by atoms with van der Waals surface area (Å²) in [6.45, 7) is 6.50. The van der Waals surface area contributed by atoms with Crippen LogP contribution in [0.5, 0.6) is 0 Å². The first kappa shape index (κ1) is 16.4. The minimum absolute atomic E-state index is 1.26. The number of aryl methyl sites for hydroxylation is 3. The molecule has 2 heteroatoms. The van der Waals surface area contributed by atoms with Gasteiger partial charge in [-0.15, -0.1) is 18.5 Å². The first-order valence-electron chi connectivity index (χ1n) is 7.79. The van der Waals surface area contributed by atoms with Crippen LogP contribution >= 0.6 is 18.5 Å². The Bertz CT molecular complexity index is 879. The fraction of sp³-hybridized carbons (Fsp3) is 0.143. The monoisotopic (exact) mass is 336 g/mol. The molecule has 0 aliphatic carbocycles. The van der Waals surface area contributed by atoms with E-state index in [0.29, 0.717) is 0 Å². The summed E-state index contributed by atoms with van der Waals surface area (Å²) in [5.41, 5.74) is 9.07. The summed E-state index contributed by atoms with van der Waals surface area (Å²) in [6.07, 6.45) is 0. The van der Waals surface area contributed by atoms with Crippen LogP contribution in [0.25, 0.3) is 22.3 Å². The van der Waals surface area contributed by atoms with Gasteiger partial charge in [-0.25, -0.2) is 0 Å². The number of rotatable bonds is 2. The van der Waals surface area contributed by atoms with Gasteiger partial charge in [0, 0.05) is 0 Å². The lowest BCUT2D eigenvalue weighted by molar-refractivity contribution is 1.43. The van der Waals surface area contributed by atoms with Gasteiger partial charge < -0.3 is 0 Å². The van der Waals surface area contributed by atoms with Crippen molar-refractivity contribution in [3.63, 3.8) is 0 Å². The summed E-state index contributed by atoms with van der Waals surface area (Å²) in [5.74, 6) is 0. The Morgan fingerprint density at radius 3 is 1.48 bits per heavy atom. The maximum Gasteiger partial charge on any atom is -0.0154 e. The van der Waals surface area contributed by atoms with Gasteiger partial charge in [0.25, 0.3) is 0 Å². The maximum atomic E-state index is 2.79. The zero-order valence-electron chi connectivity index (χ0n) is 13.9. The van der Waals surface area contributed by atoms with Crippen molar-refractivity contribution in [1.29, 1.82) is 0 Å². The summed E-state index contributed by atoms with van der Waals surface area (Å²) in [6, 6.07) is 20.0. The van der Waals surface area contributed by atoms with Gasteiger partial charge in [-0.2, -0.15) is 0 Å². The lowest BCUT2D eigenvalue weighted by atomic mass is 9.94. The molecule has 0 radical (unpaired) electrons. The molecule has 0 aliphatic rings. The van der Waals surface area contributed by atoms with Gasteiger partial charge >= 0.3 is 0 Å². The molecule has 116 valence electrons. The second-order valence-corrected chi connectivity index (χ2v) is 7.42. The van der Waals surface area contributed by atoms with Crippen LogP contribution in [0, 0.1) is 20.8 Å². The summed E-state index contributed by atoms with van der Waals surface area (Å²) in [7, 11) is 5.57. The molecule has 23 heavy (non-hydrogen) atoms. The highest BCUT2D eigenvalue weighted by Crippen LogP contribution is 2.29. The highest BCUT2D eigenvalue weighted by Gasteiger charge is 2.06. The van der Waals surface area contributed by atoms with E-state index in [1.165, 1.54) is 49.6 Å². The largest absolute Gasteiger partial charge is 0.105 e. The Balaban J connectivity index is 2.03. The zero-order valence-corrected chi connectivity index (χ0v) is 16.2. The summed E-state index contributed by atoms with van der Waals surface area (Å²) in [4.78, 5) is 0. The van der Waals surface area contributed by atoms with Crippen molar-refractivity contribution in [2.45, 2.75) is 20.8 Å². The molecule has 0 bridgehead atoms. The molecule has 0 nitrogen and oxygen atoms in total. The smallest absolute Gasteiger partial charge is 0.0154 e. The molecule has 0 saturated heterocycles. The number of hydrogen-bond donors (Lipinski definition) is 0. The van der Waals surface area contributed by atoms with E-state index in [0.717, 1.165) is 0 Å². The topological polar surface area (TPSA) is 0 Å². The molecule has 3 rings (SSSR count). The third-order valence-corrected chi connectivity index (χ3v) is 5.71. The van der Waals surface area contributed by atoms with Crippen molar-refractivity contribution < 1.29 is 0 Å². The molecule has 2 atom stereocenters. The third-order valence-electron chi connectivity index (χ3n) is 4.41. The quantitative estimate of drug-likeness (QED) is 0.581. The lowest BCUT2D eigenvalue weighted by Gasteiger charge is -2.12. The molecule has 0 aliphatic heterocycles. The van der Waals surface area contributed by atoms with Gasteiger partial charge in [-0.1, -0.05) is 54.6 Å². The van der Waals surface area contributed by atoms with Gasteiger partial charge in [0.2, 0.25) is 0 Å². The molecule has 0 aromatic heterocycles. The summed E-state index contributed by atoms with van der Waals surface area (Å²) < 4.78 is 0. The first-order chi connectivity index (χ1) is 11.0. The summed E-state index contributed by atoms with van der Waals surface area (Å²) in [5, 5.41) is 2.52. The van der Waals surface area contributed by atoms with E-state index in [1.54, 1.807) is 0 Å². The van der Waals surface area contributed by atoms with E-state index in [-0.39, 0.29) is 0 Å². The average Bonchev–Trinajstić information content (AvgIpc) is 2.53. The van der Waals surface area contributed by atoms with Crippen LogP contribution in [0.3, 0.4) is 0 Å². The second kappa shape index (κ2) is 6.56. The Hall–Kier alpha value is -1.48. The molecule has 0 spiro atoms. The molecule has 0 heterocycles. The van der Waals surface area contributed by atoms with E-state index in [1.807, 2.05) is 0 Å². The van der Waals surface area contributed by atoms with Crippen LogP contribution in [0.2, 0.25) is 0 Å². The van der Waals surface area contributed by atoms with Crippen molar-refractivity contribution in [2.75, 3.05) is 0 Å². The van der Waals surface area contributed by atoms with Crippen molar-refractivity contribution in [3.8, 4) is 22.3 Å². The Morgan fingerprint density at radius 2 is 0.957 bits per heavy atom. The average molecular weight is 336 g/mol. The highest BCUT2D eigenvalue weighted by atomic mass is 31.0. The van der Waals surface area contributed by atoms with E-state index in [4.69, 9.17) is 0 Å². The fourth-order valence-corrected chi connectivity index (χ4v) is 3.22. The minimum Gasteiger partial charge on any atom is -0.105 e. The molecule has 3 aromatic carbocycles. The number of benzene rings is 3. The number of hydrogen-bond acceptors (Lipinski definition) is 0. The molecule has 0 fully saturated rings. The molecular weight excluding hydrogens is 314 g/mol. The van der Waals surface area contributed by atoms with Crippen LogP contribution in [-0.2, 0) is 0 Å². The van der Waals surface area contributed by atoms with Gasteiger partial charge in [0.1, 0.15) is 0 Å². The molecule has 2 unspecified atom stereocenters. The standard InChI is InChI=1S/C21H22P2/c1-13-10-16(17-5-8-20(22)14(2)11-17)4-7-19(13)18-6-9-21(23)15(3)12-18/h4-12H,22-23H2,1-3H3. The summed E-state index contributed by atoms with van der Waals surface area (Å²) >= 11 is 0. The highest BCUT2D eigenvalue weighted by molar-refractivity contribution is 7.27. The molecule has 0 N–H and O–H groups in total. The fourth-order valence-electron chi connectivity index (χ4n) is 2.87. The Kier molecular flexibility index (Phi) is 4.67. The zero-order chi connectivity index (χ0) is 16.6. The van der Waals surface area contributed by atoms with Crippen LogP contribution in [0.4, 0.5) is 0 Å². The lowest BCUT2D eigenvalue weighted by Crippen LogP contribution is -1.97. The van der Waals surface area contributed by atoms with Crippen molar-refractivity contribution in [3.05, 3.63) is 71.3 Å². The van der Waals surface area contributed by atoms with Crippen molar-refractivity contribution in [1.82, 2.24) is 0 Å². The molecule has 0 saturated carbocycles. The Morgan fingerprint density at radius 1 is 0.522 bits per heavy atom. The first-order valence-corrected chi connectivity index (χ1v) is 8.95. The SMILES string of the molecule is Cc1cc(-c2ccc(-c3ccc(P)c(C)c3)c(C)c2)ccc1P. The van der Waals surface area contributed by atoms with Crippen molar-refractivity contribution in [2.24, 2.45) is 0 Å². The molecule has 3 aromatic rings. The second-order valence-electron chi connectivity index (χ2n) is 6.17. The van der Waals surface area contributed by atoms with Gasteiger partial charge in [-0.3, -0.25) is 0 Å². The maximum absolute atomic E-state index is 2.79. The minimum atomic E-state index is 1.26. The van der Waals surface area contributed by atoms with Crippen LogP contribution in [-0.4, -0.2) is 0 Å². The van der Waals surface area contributed by atoms with Crippen LogP contribution in [0.1, 0.15) is 16.7 Å². The predicted octanol–water partition coefficient (Wildman–Crippen LogP) is 4.95. The van der Waals surface area contributed by atoms with Crippen LogP contribution < -0.4 is 10.6 Å². The molecular formula is C21H22P2. The van der Waals surface area contributed by atoms with E-state index >= 15 is 0 Å². The van der Waals surface area contributed by atoms with E-state index in [2.05, 4.69) is 93.8 Å². The Labute approximate surface area is 143 Å². The normalized spacial score (nSPS) is 10.8. The van der Waals surface area contributed by atoms with E-state index in [9.17, 15) is 0 Å². The van der Waals surface area contributed by atoms with E-state index < -0.39 is 0 Å². The predicted molar refractivity (Wildman–Crippen MR) is 110 cm³/mol. The third kappa shape index (κ3) is 3.40. The van der Waals surface area contributed by atoms with Gasteiger partial charge in [-0.05, 0) is 70.3 Å². The van der Waals surface area contributed by atoms with Crippen LogP contribution in [0.15, 0.2) is 54.6 Å².